The molecule has 2 aromatic carbocycles. The number of phenols is 2. The van der Waals surface area contributed by atoms with Gasteiger partial charge in [-0.15, -0.1) is 0 Å². The molecule has 0 fully saturated rings. The lowest BCUT2D eigenvalue weighted by Gasteiger charge is -2.33. The molecule has 0 amide bonds. The van der Waals surface area contributed by atoms with Crippen molar-refractivity contribution in [3.8, 4) is 17.2 Å². The Hall–Kier alpha value is -2.95. The van der Waals surface area contributed by atoms with Crippen molar-refractivity contribution in [1.82, 2.24) is 9.55 Å². The molecule has 3 aromatic rings. The predicted molar refractivity (Wildman–Crippen MR) is 84.6 cm³/mol. The van der Waals surface area contributed by atoms with E-state index in [-0.39, 0.29) is 23.6 Å². The van der Waals surface area contributed by atoms with Crippen molar-refractivity contribution in [3.05, 3.63) is 72.3 Å². The number of hydrogen-bond acceptors (Lipinski definition) is 4. The van der Waals surface area contributed by atoms with Gasteiger partial charge in [0.25, 0.3) is 0 Å². The van der Waals surface area contributed by atoms with Gasteiger partial charge in [0, 0.05) is 30.4 Å². The summed E-state index contributed by atoms with van der Waals surface area (Å²) in [6.07, 6.45) is 6.07. The van der Waals surface area contributed by atoms with Crippen molar-refractivity contribution in [3.63, 3.8) is 0 Å². The van der Waals surface area contributed by atoms with Crippen LogP contribution >= 0.6 is 0 Å². The molecule has 1 aliphatic rings. The smallest absolute Gasteiger partial charge is 0.129 e. The quantitative estimate of drug-likeness (QED) is 0.761. The second-order valence-corrected chi connectivity index (χ2v) is 5.68. The summed E-state index contributed by atoms with van der Waals surface area (Å²) >= 11 is 0. The molecule has 4 rings (SSSR count). The lowest BCUT2D eigenvalue weighted by atomic mass is 9.92. The fraction of sp³-hybridized carbons (Fsp3) is 0.167. The zero-order valence-corrected chi connectivity index (χ0v) is 12.3. The largest absolute Gasteiger partial charge is 0.508 e. The molecule has 0 aliphatic carbocycles. The Morgan fingerprint density at radius 1 is 1.04 bits per heavy atom. The van der Waals surface area contributed by atoms with Gasteiger partial charge in [-0.05, 0) is 29.8 Å². The average Bonchev–Trinajstić information content (AvgIpc) is 3.08. The van der Waals surface area contributed by atoms with Gasteiger partial charge in [-0.2, -0.15) is 0 Å². The molecule has 23 heavy (non-hydrogen) atoms. The van der Waals surface area contributed by atoms with E-state index in [2.05, 4.69) is 4.98 Å². The van der Waals surface area contributed by atoms with Gasteiger partial charge in [0.15, 0.2) is 0 Å². The van der Waals surface area contributed by atoms with E-state index in [4.69, 9.17) is 4.74 Å². The first-order chi connectivity index (χ1) is 11.2. The summed E-state index contributed by atoms with van der Waals surface area (Å²) in [7, 11) is 0. The number of phenolic OH excluding ortho intramolecular Hbond substituents is 2. The van der Waals surface area contributed by atoms with Gasteiger partial charge in [0.2, 0.25) is 0 Å². The van der Waals surface area contributed by atoms with E-state index in [1.807, 2.05) is 29.0 Å². The molecule has 2 unspecified atom stereocenters. The number of aromatic hydroxyl groups is 2. The molecule has 5 heteroatoms. The van der Waals surface area contributed by atoms with E-state index in [0.29, 0.717) is 5.75 Å². The molecule has 0 radical (unpaired) electrons. The molecule has 2 N–H and O–H groups in total. The second kappa shape index (κ2) is 5.35. The number of imidazole rings is 1. The Kier molecular flexibility index (Phi) is 3.19. The monoisotopic (exact) mass is 308 g/mol. The Morgan fingerprint density at radius 3 is 2.57 bits per heavy atom. The molecule has 1 aliphatic heterocycles. The van der Waals surface area contributed by atoms with Crippen molar-refractivity contribution in [2.75, 3.05) is 0 Å². The summed E-state index contributed by atoms with van der Waals surface area (Å²) in [4.78, 5) is 4.14. The van der Waals surface area contributed by atoms with Crippen LogP contribution in [0, 0.1) is 0 Å². The van der Waals surface area contributed by atoms with E-state index in [9.17, 15) is 10.2 Å². The molecule has 1 aromatic heterocycles. The minimum absolute atomic E-state index is 0.0839. The average molecular weight is 308 g/mol. The van der Waals surface area contributed by atoms with Crippen LogP contribution in [0.1, 0.15) is 29.7 Å². The maximum absolute atomic E-state index is 9.77. The van der Waals surface area contributed by atoms with Crippen LogP contribution in [-0.4, -0.2) is 19.8 Å². The molecular weight excluding hydrogens is 292 g/mol. The van der Waals surface area contributed by atoms with E-state index >= 15 is 0 Å². The topological polar surface area (TPSA) is 67.5 Å². The van der Waals surface area contributed by atoms with E-state index in [1.54, 1.807) is 36.8 Å². The Bertz CT molecular complexity index is 813. The third-order valence-electron chi connectivity index (χ3n) is 4.21. The van der Waals surface area contributed by atoms with Gasteiger partial charge < -0.3 is 19.5 Å². The van der Waals surface area contributed by atoms with E-state index in [0.717, 1.165) is 17.5 Å². The van der Waals surface area contributed by atoms with Crippen LogP contribution in [0.3, 0.4) is 0 Å². The molecular formula is C18H16N2O3. The second-order valence-electron chi connectivity index (χ2n) is 5.68. The maximum atomic E-state index is 9.77. The molecule has 2 atom stereocenters. The SMILES string of the molecule is Oc1ccc(C2CC(n3ccnc3)c3ccc(O)cc3O2)cc1. The number of benzene rings is 2. The van der Waals surface area contributed by atoms with E-state index in [1.165, 1.54) is 0 Å². The lowest BCUT2D eigenvalue weighted by molar-refractivity contribution is 0.152. The van der Waals surface area contributed by atoms with Crippen molar-refractivity contribution in [2.45, 2.75) is 18.6 Å². The molecule has 0 spiro atoms. The summed E-state index contributed by atoms with van der Waals surface area (Å²) in [6, 6.07) is 12.3. The van der Waals surface area contributed by atoms with Crippen molar-refractivity contribution < 1.29 is 14.9 Å². The highest BCUT2D eigenvalue weighted by atomic mass is 16.5. The van der Waals surface area contributed by atoms with Gasteiger partial charge in [-0.3, -0.25) is 0 Å². The van der Waals surface area contributed by atoms with Gasteiger partial charge in [-0.1, -0.05) is 12.1 Å². The van der Waals surface area contributed by atoms with Crippen LogP contribution < -0.4 is 4.74 Å². The summed E-state index contributed by atoms with van der Waals surface area (Å²) in [5.74, 6) is 1.08. The predicted octanol–water partition coefficient (Wildman–Crippen LogP) is 3.41. The maximum Gasteiger partial charge on any atom is 0.129 e. The first-order valence-electron chi connectivity index (χ1n) is 7.46. The third-order valence-corrected chi connectivity index (χ3v) is 4.21. The highest BCUT2D eigenvalue weighted by Gasteiger charge is 2.30. The fourth-order valence-corrected chi connectivity index (χ4v) is 3.06. The Balaban J connectivity index is 1.77. The summed E-state index contributed by atoms with van der Waals surface area (Å²) in [5.41, 5.74) is 2.01. The van der Waals surface area contributed by atoms with Crippen LogP contribution in [0.15, 0.2) is 61.2 Å². The standard InChI is InChI=1S/C18H16N2O3/c21-13-3-1-12(2-4-13)17-10-16(20-8-7-19-11-20)15-6-5-14(22)9-18(15)23-17/h1-9,11,16-17,21-22H,10H2. The molecule has 116 valence electrons. The lowest BCUT2D eigenvalue weighted by Crippen LogP contribution is -2.23. The van der Waals surface area contributed by atoms with Crippen LogP contribution in [-0.2, 0) is 0 Å². The van der Waals surface area contributed by atoms with Crippen LogP contribution in [0.5, 0.6) is 17.2 Å². The minimum Gasteiger partial charge on any atom is -0.508 e. The highest BCUT2D eigenvalue weighted by Crippen LogP contribution is 2.44. The molecule has 0 bridgehead atoms. The first kappa shape index (κ1) is 13.7. The number of nitrogens with zero attached hydrogens (tertiary/aromatic N) is 2. The van der Waals surface area contributed by atoms with Crippen molar-refractivity contribution in [1.29, 1.82) is 0 Å². The van der Waals surface area contributed by atoms with Crippen LogP contribution in [0.25, 0.3) is 0 Å². The number of hydrogen-bond donors (Lipinski definition) is 2. The third kappa shape index (κ3) is 2.50. The molecule has 2 heterocycles. The Labute approximate surface area is 133 Å². The van der Waals surface area contributed by atoms with E-state index < -0.39 is 0 Å². The summed E-state index contributed by atoms with van der Waals surface area (Å²) in [5, 5.41) is 19.2. The van der Waals surface area contributed by atoms with Gasteiger partial charge in [0.1, 0.15) is 23.4 Å². The van der Waals surface area contributed by atoms with Crippen molar-refractivity contribution >= 4 is 0 Å². The summed E-state index contributed by atoms with van der Waals surface area (Å²) in [6.45, 7) is 0. The summed E-state index contributed by atoms with van der Waals surface area (Å²) < 4.78 is 8.14. The minimum atomic E-state index is -0.155. The Morgan fingerprint density at radius 2 is 1.83 bits per heavy atom. The van der Waals surface area contributed by atoms with Crippen LogP contribution in [0.2, 0.25) is 0 Å². The molecule has 0 saturated carbocycles. The highest BCUT2D eigenvalue weighted by molar-refractivity contribution is 5.44. The number of fused-ring (bicyclic) bond motifs is 1. The molecule has 5 nitrogen and oxygen atoms in total. The molecule has 0 saturated heterocycles. The van der Waals surface area contributed by atoms with Crippen LogP contribution in [0.4, 0.5) is 0 Å². The number of rotatable bonds is 2. The van der Waals surface area contributed by atoms with Gasteiger partial charge in [-0.25, -0.2) is 4.98 Å². The zero-order chi connectivity index (χ0) is 15.8. The number of ether oxygens (including phenoxy) is 1. The van der Waals surface area contributed by atoms with Crippen molar-refractivity contribution in [2.24, 2.45) is 0 Å². The zero-order valence-electron chi connectivity index (χ0n) is 12.3. The normalized spacial score (nSPS) is 19.8. The van der Waals surface area contributed by atoms with Gasteiger partial charge in [0.05, 0.1) is 12.4 Å². The van der Waals surface area contributed by atoms with Gasteiger partial charge >= 0.3 is 0 Å². The first-order valence-corrected chi connectivity index (χ1v) is 7.46. The number of aromatic nitrogens is 2. The fourth-order valence-electron chi connectivity index (χ4n) is 3.06.